The maximum Gasteiger partial charge on any atom is 0.222 e. The first kappa shape index (κ1) is 16.2. The first-order valence-electron chi connectivity index (χ1n) is 8.41. The standard InChI is InChI=1S/C19H24N2OS/c1-14-5-7-16(8-6-14)19-20-17(13-23-19)9-10-18(22)21-11-3-4-15(2)12-21/h5-8,13,15H,3-4,9-12H2,1-2H3. The fraction of sp³-hybridized carbons (Fsp3) is 0.474. The van der Waals surface area contributed by atoms with Gasteiger partial charge in [0.05, 0.1) is 5.69 Å². The fourth-order valence-electron chi connectivity index (χ4n) is 3.06. The van der Waals surface area contributed by atoms with Gasteiger partial charge in [0.25, 0.3) is 0 Å². The molecule has 2 aromatic rings. The Morgan fingerprint density at radius 3 is 2.87 bits per heavy atom. The summed E-state index contributed by atoms with van der Waals surface area (Å²) in [4.78, 5) is 19.1. The van der Waals surface area contributed by atoms with Crippen LogP contribution in [0.25, 0.3) is 10.6 Å². The first-order chi connectivity index (χ1) is 11.1. The lowest BCUT2D eigenvalue weighted by molar-refractivity contribution is -0.132. The number of aryl methyl sites for hydroxylation is 2. The Morgan fingerprint density at radius 2 is 2.13 bits per heavy atom. The Hall–Kier alpha value is -1.68. The van der Waals surface area contributed by atoms with Crippen molar-refractivity contribution in [2.75, 3.05) is 13.1 Å². The molecule has 122 valence electrons. The van der Waals surface area contributed by atoms with Crippen molar-refractivity contribution in [1.82, 2.24) is 9.88 Å². The molecule has 0 saturated carbocycles. The number of benzene rings is 1. The summed E-state index contributed by atoms with van der Waals surface area (Å²) >= 11 is 1.66. The summed E-state index contributed by atoms with van der Waals surface area (Å²) in [7, 11) is 0. The molecule has 1 atom stereocenters. The number of likely N-dealkylation sites (tertiary alicyclic amines) is 1. The SMILES string of the molecule is Cc1ccc(-c2nc(CCC(=O)N3CCCC(C)C3)cs2)cc1. The lowest BCUT2D eigenvalue weighted by Gasteiger charge is -2.31. The second kappa shape index (κ2) is 7.26. The van der Waals surface area contributed by atoms with Crippen LogP contribution in [0.1, 0.15) is 37.4 Å². The molecule has 0 aliphatic carbocycles. The van der Waals surface area contributed by atoms with Gasteiger partial charge in [0, 0.05) is 30.5 Å². The quantitative estimate of drug-likeness (QED) is 0.838. The summed E-state index contributed by atoms with van der Waals surface area (Å²) in [5.41, 5.74) is 3.44. The van der Waals surface area contributed by atoms with Gasteiger partial charge in [0.1, 0.15) is 5.01 Å². The van der Waals surface area contributed by atoms with Crippen LogP contribution in [0.5, 0.6) is 0 Å². The minimum Gasteiger partial charge on any atom is -0.342 e. The molecule has 2 heterocycles. The average Bonchev–Trinajstić information content (AvgIpc) is 3.02. The summed E-state index contributed by atoms with van der Waals surface area (Å²) in [6.45, 7) is 6.16. The third-order valence-electron chi connectivity index (χ3n) is 4.45. The average molecular weight is 328 g/mol. The van der Waals surface area contributed by atoms with E-state index in [1.54, 1.807) is 11.3 Å². The first-order valence-corrected chi connectivity index (χ1v) is 9.29. The normalized spacial score (nSPS) is 18.2. The number of thiazole rings is 1. The van der Waals surface area contributed by atoms with Crippen LogP contribution < -0.4 is 0 Å². The zero-order valence-corrected chi connectivity index (χ0v) is 14.7. The maximum atomic E-state index is 12.3. The molecule has 1 unspecified atom stereocenters. The number of carbonyl (C=O) groups is 1. The van der Waals surface area contributed by atoms with Crippen LogP contribution in [0.2, 0.25) is 0 Å². The van der Waals surface area contributed by atoms with Gasteiger partial charge in [-0.15, -0.1) is 11.3 Å². The van der Waals surface area contributed by atoms with E-state index in [4.69, 9.17) is 0 Å². The number of rotatable bonds is 4. The monoisotopic (exact) mass is 328 g/mol. The Labute approximate surface area is 142 Å². The smallest absolute Gasteiger partial charge is 0.222 e. The van der Waals surface area contributed by atoms with Gasteiger partial charge in [-0.1, -0.05) is 36.8 Å². The summed E-state index contributed by atoms with van der Waals surface area (Å²) in [5.74, 6) is 0.918. The molecule has 0 bridgehead atoms. The molecule has 1 aromatic heterocycles. The van der Waals surface area contributed by atoms with Crippen molar-refractivity contribution < 1.29 is 4.79 Å². The van der Waals surface area contributed by atoms with E-state index in [-0.39, 0.29) is 5.91 Å². The van der Waals surface area contributed by atoms with E-state index in [0.29, 0.717) is 12.3 Å². The van der Waals surface area contributed by atoms with E-state index in [1.807, 2.05) is 4.90 Å². The highest BCUT2D eigenvalue weighted by Gasteiger charge is 2.20. The Balaban J connectivity index is 1.56. The number of nitrogens with zero attached hydrogens (tertiary/aromatic N) is 2. The zero-order valence-electron chi connectivity index (χ0n) is 13.9. The number of carbonyl (C=O) groups excluding carboxylic acids is 1. The van der Waals surface area contributed by atoms with Gasteiger partial charge >= 0.3 is 0 Å². The molecule has 4 heteroatoms. The topological polar surface area (TPSA) is 33.2 Å². The molecule has 0 radical (unpaired) electrons. The molecule has 3 rings (SSSR count). The van der Waals surface area contributed by atoms with E-state index < -0.39 is 0 Å². The number of hydrogen-bond acceptors (Lipinski definition) is 3. The molecular weight excluding hydrogens is 304 g/mol. The van der Waals surface area contributed by atoms with Crippen LogP contribution >= 0.6 is 11.3 Å². The van der Waals surface area contributed by atoms with E-state index in [1.165, 1.54) is 12.0 Å². The van der Waals surface area contributed by atoms with Gasteiger partial charge in [-0.3, -0.25) is 4.79 Å². The Kier molecular flexibility index (Phi) is 5.11. The number of hydrogen-bond donors (Lipinski definition) is 0. The summed E-state index contributed by atoms with van der Waals surface area (Å²) in [6, 6.07) is 8.44. The molecule has 1 saturated heterocycles. The number of aromatic nitrogens is 1. The van der Waals surface area contributed by atoms with E-state index in [0.717, 1.165) is 42.2 Å². The molecule has 0 spiro atoms. The van der Waals surface area contributed by atoms with Crippen molar-refractivity contribution in [3.8, 4) is 10.6 Å². The van der Waals surface area contributed by atoms with Crippen molar-refractivity contribution >= 4 is 17.2 Å². The molecule has 0 N–H and O–H groups in total. The molecule has 1 aromatic carbocycles. The lowest BCUT2D eigenvalue weighted by atomic mass is 10.00. The highest BCUT2D eigenvalue weighted by Crippen LogP contribution is 2.25. The minimum atomic E-state index is 0.279. The van der Waals surface area contributed by atoms with Crippen LogP contribution in [0.4, 0.5) is 0 Å². The van der Waals surface area contributed by atoms with Crippen LogP contribution in [0.3, 0.4) is 0 Å². The molecule has 3 nitrogen and oxygen atoms in total. The van der Waals surface area contributed by atoms with Gasteiger partial charge in [0.2, 0.25) is 5.91 Å². The molecule has 1 aliphatic heterocycles. The Bertz CT molecular complexity index is 662. The van der Waals surface area contributed by atoms with Crippen LogP contribution in [0, 0.1) is 12.8 Å². The van der Waals surface area contributed by atoms with E-state index in [2.05, 4.69) is 48.5 Å². The highest BCUT2D eigenvalue weighted by molar-refractivity contribution is 7.13. The summed E-state index contributed by atoms with van der Waals surface area (Å²) in [6.07, 6.45) is 3.70. The second-order valence-corrected chi connectivity index (χ2v) is 7.46. The lowest BCUT2D eigenvalue weighted by Crippen LogP contribution is -2.39. The predicted octanol–water partition coefficient (Wildman–Crippen LogP) is 4.31. The van der Waals surface area contributed by atoms with Gasteiger partial charge in [-0.2, -0.15) is 0 Å². The van der Waals surface area contributed by atoms with Crippen LogP contribution in [-0.4, -0.2) is 28.9 Å². The molecular formula is C19H24N2OS. The predicted molar refractivity (Wildman–Crippen MR) is 95.6 cm³/mol. The van der Waals surface area contributed by atoms with Crippen molar-refractivity contribution in [1.29, 1.82) is 0 Å². The molecule has 1 amide bonds. The van der Waals surface area contributed by atoms with Gasteiger partial charge < -0.3 is 4.90 Å². The summed E-state index contributed by atoms with van der Waals surface area (Å²) in [5, 5.41) is 3.13. The van der Waals surface area contributed by atoms with Gasteiger partial charge in [-0.25, -0.2) is 4.98 Å². The van der Waals surface area contributed by atoms with Gasteiger partial charge in [-0.05, 0) is 32.1 Å². The van der Waals surface area contributed by atoms with Crippen molar-refractivity contribution in [3.05, 3.63) is 40.9 Å². The fourth-order valence-corrected chi connectivity index (χ4v) is 3.92. The third kappa shape index (κ3) is 4.20. The number of piperidine rings is 1. The molecule has 23 heavy (non-hydrogen) atoms. The summed E-state index contributed by atoms with van der Waals surface area (Å²) < 4.78 is 0. The van der Waals surface area contributed by atoms with E-state index >= 15 is 0 Å². The zero-order chi connectivity index (χ0) is 16.2. The third-order valence-corrected chi connectivity index (χ3v) is 5.40. The van der Waals surface area contributed by atoms with E-state index in [9.17, 15) is 4.79 Å². The van der Waals surface area contributed by atoms with Crippen molar-refractivity contribution in [2.45, 2.75) is 39.5 Å². The van der Waals surface area contributed by atoms with Crippen molar-refractivity contribution in [2.24, 2.45) is 5.92 Å². The van der Waals surface area contributed by atoms with Crippen molar-refractivity contribution in [3.63, 3.8) is 0 Å². The van der Waals surface area contributed by atoms with Crippen LogP contribution in [-0.2, 0) is 11.2 Å². The minimum absolute atomic E-state index is 0.279. The Morgan fingerprint density at radius 1 is 1.35 bits per heavy atom. The number of amides is 1. The maximum absolute atomic E-state index is 12.3. The second-order valence-electron chi connectivity index (χ2n) is 6.60. The highest BCUT2D eigenvalue weighted by atomic mass is 32.1. The van der Waals surface area contributed by atoms with Crippen LogP contribution in [0.15, 0.2) is 29.6 Å². The van der Waals surface area contributed by atoms with Gasteiger partial charge in [0.15, 0.2) is 0 Å². The largest absolute Gasteiger partial charge is 0.342 e. The molecule has 1 aliphatic rings. The molecule has 1 fully saturated rings.